The molecule has 0 aliphatic heterocycles. The minimum Gasteiger partial charge on any atom is -0.397 e. The Balaban J connectivity index is 2.33. The van der Waals surface area contributed by atoms with Crippen molar-refractivity contribution in [2.24, 2.45) is 0 Å². The molecule has 0 saturated heterocycles. The number of carbonyl (C=O) groups is 1. The molecule has 0 spiro atoms. The average molecular weight is 360 g/mol. The molecule has 0 bridgehead atoms. The topological polar surface area (TPSA) is 68.0 Å². The predicted molar refractivity (Wildman–Crippen MR) is 75.7 cm³/mol. The zero-order valence-electron chi connectivity index (χ0n) is 10.4. The van der Waals surface area contributed by atoms with E-state index in [4.69, 9.17) is 5.73 Å². The predicted octanol–water partition coefficient (Wildman–Crippen LogP) is 3.70. The van der Waals surface area contributed by atoms with Crippen molar-refractivity contribution in [2.45, 2.75) is 6.18 Å². The molecule has 1 heterocycles. The van der Waals surface area contributed by atoms with Crippen molar-refractivity contribution >= 4 is 33.3 Å². The minimum atomic E-state index is -4.63. The quantitative estimate of drug-likeness (QED) is 0.858. The number of carbonyl (C=O) groups excluding carboxylic acids is 1. The molecule has 1 aromatic heterocycles. The number of alkyl halides is 3. The maximum absolute atomic E-state index is 12.9. The van der Waals surface area contributed by atoms with Gasteiger partial charge in [-0.05, 0) is 30.3 Å². The molecule has 0 atom stereocenters. The van der Waals surface area contributed by atoms with Gasteiger partial charge in [0.15, 0.2) is 0 Å². The van der Waals surface area contributed by atoms with Crippen LogP contribution >= 0.6 is 15.9 Å². The minimum absolute atomic E-state index is 0.116. The second kappa shape index (κ2) is 5.72. The van der Waals surface area contributed by atoms with Crippen LogP contribution in [0.5, 0.6) is 0 Å². The highest BCUT2D eigenvalue weighted by Crippen LogP contribution is 2.34. The summed E-state index contributed by atoms with van der Waals surface area (Å²) in [5.74, 6) is -0.780. The van der Waals surface area contributed by atoms with Crippen molar-refractivity contribution in [3.05, 3.63) is 52.1 Å². The number of benzene rings is 1. The second-order valence-electron chi connectivity index (χ2n) is 4.12. The number of nitrogen functional groups attached to an aromatic ring is 1. The molecule has 1 aromatic carbocycles. The standard InChI is InChI=1S/C13H9BrF3N3O/c14-7-1-3-9(10(5-7)13(15,16)17)12(21)20-11-4-2-8(18)6-19-11/h1-6H,18H2,(H,19,20,21). The zero-order chi connectivity index (χ0) is 15.6. The lowest BCUT2D eigenvalue weighted by atomic mass is 10.1. The Labute approximate surface area is 126 Å². The molecule has 0 fully saturated rings. The van der Waals surface area contributed by atoms with Crippen LogP contribution < -0.4 is 11.1 Å². The number of hydrogen-bond donors (Lipinski definition) is 2. The normalized spacial score (nSPS) is 11.2. The maximum atomic E-state index is 12.9. The number of amides is 1. The SMILES string of the molecule is Nc1ccc(NC(=O)c2ccc(Br)cc2C(F)(F)F)nc1. The number of aromatic nitrogens is 1. The second-order valence-corrected chi connectivity index (χ2v) is 5.03. The van der Waals surface area contributed by atoms with Gasteiger partial charge in [-0.15, -0.1) is 0 Å². The number of hydrogen-bond acceptors (Lipinski definition) is 3. The van der Waals surface area contributed by atoms with Crippen LogP contribution in [-0.2, 0) is 6.18 Å². The fraction of sp³-hybridized carbons (Fsp3) is 0.0769. The van der Waals surface area contributed by atoms with E-state index in [2.05, 4.69) is 26.2 Å². The average Bonchev–Trinajstić information content (AvgIpc) is 2.40. The van der Waals surface area contributed by atoms with Crippen molar-refractivity contribution in [3.63, 3.8) is 0 Å². The molecule has 0 aliphatic rings. The molecule has 110 valence electrons. The van der Waals surface area contributed by atoms with Crippen molar-refractivity contribution in [2.75, 3.05) is 11.1 Å². The number of nitrogens with one attached hydrogen (secondary N) is 1. The molecule has 2 rings (SSSR count). The summed E-state index contributed by atoms with van der Waals surface area (Å²) < 4.78 is 39.1. The fourth-order valence-corrected chi connectivity index (χ4v) is 1.97. The van der Waals surface area contributed by atoms with Gasteiger partial charge in [-0.2, -0.15) is 13.2 Å². The highest BCUT2D eigenvalue weighted by atomic mass is 79.9. The van der Waals surface area contributed by atoms with E-state index in [1.54, 1.807) is 0 Å². The first-order chi connectivity index (χ1) is 9.77. The van der Waals surface area contributed by atoms with Crippen LogP contribution in [0.1, 0.15) is 15.9 Å². The number of anilines is 2. The molecular weight excluding hydrogens is 351 g/mol. The number of pyridine rings is 1. The highest BCUT2D eigenvalue weighted by Gasteiger charge is 2.35. The first-order valence-electron chi connectivity index (χ1n) is 5.67. The van der Waals surface area contributed by atoms with Crippen LogP contribution in [0, 0.1) is 0 Å². The third kappa shape index (κ3) is 3.72. The summed E-state index contributed by atoms with van der Waals surface area (Å²) in [5, 5.41) is 2.30. The maximum Gasteiger partial charge on any atom is 0.417 e. The van der Waals surface area contributed by atoms with Crippen molar-refractivity contribution < 1.29 is 18.0 Å². The van der Waals surface area contributed by atoms with Gasteiger partial charge in [0.1, 0.15) is 5.82 Å². The Hall–Kier alpha value is -2.09. The molecule has 0 radical (unpaired) electrons. The molecule has 0 unspecified atom stereocenters. The largest absolute Gasteiger partial charge is 0.417 e. The van der Waals surface area contributed by atoms with Gasteiger partial charge in [-0.25, -0.2) is 4.98 Å². The molecule has 2 aromatic rings. The van der Waals surface area contributed by atoms with Gasteiger partial charge < -0.3 is 11.1 Å². The van der Waals surface area contributed by atoms with Gasteiger partial charge in [0.05, 0.1) is 23.0 Å². The van der Waals surface area contributed by atoms with E-state index in [1.807, 2.05) is 0 Å². The van der Waals surface area contributed by atoms with Crippen LogP contribution in [0.2, 0.25) is 0 Å². The van der Waals surface area contributed by atoms with Gasteiger partial charge in [-0.3, -0.25) is 4.79 Å². The summed E-state index contributed by atoms with van der Waals surface area (Å²) in [6.07, 6.45) is -3.34. The van der Waals surface area contributed by atoms with Gasteiger partial charge in [0.25, 0.3) is 5.91 Å². The molecule has 0 saturated carbocycles. The summed E-state index contributed by atoms with van der Waals surface area (Å²) in [7, 11) is 0. The van der Waals surface area contributed by atoms with Crippen molar-refractivity contribution in [3.8, 4) is 0 Å². The lowest BCUT2D eigenvalue weighted by molar-refractivity contribution is -0.137. The van der Waals surface area contributed by atoms with Crippen molar-refractivity contribution in [1.29, 1.82) is 0 Å². The van der Waals surface area contributed by atoms with Crippen LogP contribution in [0.15, 0.2) is 41.0 Å². The molecular formula is C13H9BrF3N3O. The van der Waals surface area contributed by atoms with Gasteiger partial charge in [0.2, 0.25) is 0 Å². The Bertz CT molecular complexity index is 671. The van der Waals surface area contributed by atoms with E-state index in [0.717, 1.165) is 12.1 Å². The van der Waals surface area contributed by atoms with Gasteiger partial charge in [-0.1, -0.05) is 15.9 Å². The van der Waals surface area contributed by atoms with E-state index in [1.165, 1.54) is 24.4 Å². The summed E-state index contributed by atoms with van der Waals surface area (Å²) in [4.78, 5) is 15.8. The first kappa shape index (κ1) is 15.3. The smallest absolute Gasteiger partial charge is 0.397 e. The van der Waals surface area contributed by atoms with E-state index < -0.39 is 23.2 Å². The Morgan fingerprint density at radius 2 is 1.95 bits per heavy atom. The number of rotatable bonds is 2. The van der Waals surface area contributed by atoms with E-state index >= 15 is 0 Å². The summed E-state index contributed by atoms with van der Waals surface area (Å²) in [6.45, 7) is 0. The molecule has 8 heteroatoms. The summed E-state index contributed by atoms with van der Waals surface area (Å²) >= 11 is 2.95. The fourth-order valence-electron chi connectivity index (χ4n) is 1.61. The van der Waals surface area contributed by atoms with Crippen LogP contribution in [-0.4, -0.2) is 10.9 Å². The van der Waals surface area contributed by atoms with Crippen LogP contribution in [0.25, 0.3) is 0 Å². The highest BCUT2D eigenvalue weighted by molar-refractivity contribution is 9.10. The van der Waals surface area contributed by atoms with E-state index in [-0.39, 0.29) is 10.3 Å². The Kier molecular flexibility index (Phi) is 4.17. The zero-order valence-corrected chi connectivity index (χ0v) is 12.0. The van der Waals surface area contributed by atoms with Crippen LogP contribution in [0.4, 0.5) is 24.7 Å². The Morgan fingerprint density at radius 3 is 2.52 bits per heavy atom. The van der Waals surface area contributed by atoms with Crippen molar-refractivity contribution in [1.82, 2.24) is 4.98 Å². The summed E-state index contributed by atoms with van der Waals surface area (Å²) in [6, 6.07) is 6.19. The number of nitrogens with zero attached hydrogens (tertiary/aromatic N) is 1. The third-order valence-electron chi connectivity index (χ3n) is 2.56. The molecule has 1 amide bonds. The van der Waals surface area contributed by atoms with Gasteiger partial charge >= 0.3 is 6.18 Å². The lowest BCUT2D eigenvalue weighted by Crippen LogP contribution is -2.19. The first-order valence-corrected chi connectivity index (χ1v) is 6.46. The Morgan fingerprint density at radius 1 is 1.24 bits per heavy atom. The van der Waals surface area contributed by atoms with Gasteiger partial charge in [0, 0.05) is 4.47 Å². The molecule has 3 N–H and O–H groups in total. The monoisotopic (exact) mass is 359 g/mol. The van der Waals surface area contributed by atoms with Crippen LogP contribution in [0.3, 0.4) is 0 Å². The number of nitrogens with two attached hydrogens (primary N) is 1. The number of halogens is 4. The van der Waals surface area contributed by atoms with E-state index in [0.29, 0.717) is 5.69 Å². The molecule has 4 nitrogen and oxygen atoms in total. The summed E-state index contributed by atoms with van der Waals surface area (Å²) in [5.41, 5.74) is 4.31. The molecule has 0 aliphatic carbocycles. The van der Waals surface area contributed by atoms with E-state index in [9.17, 15) is 18.0 Å². The third-order valence-corrected chi connectivity index (χ3v) is 3.05. The molecule has 21 heavy (non-hydrogen) atoms. The lowest BCUT2D eigenvalue weighted by Gasteiger charge is -2.13.